The first-order chi connectivity index (χ1) is 6.16. The van der Waals surface area contributed by atoms with E-state index in [9.17, 15) is 10.2 Å². The molecular weight excluding hydrogens is 188 g/mol. The predicted octanol–water partition coefficient (Wildman–Crippen LogP) is 0.833. The van der Waals surface area contributed by atoms with Crippen LogP contribution in [0.3, 0.4) is 0 Å². The Balaban J connectivity index is 2.67. The van der Waals surface area contributed by atoms with Crippen molar-refractivity contribution in [3.05, 3.63) is 21.9 Å². The molecule has 1 aromatic heterocycles. The lowest BCUT2D eigenvalue weighted by atomic mass is 10.0. The lowest BCUT2D eigenvalue weighted by molar-refractivity contribution is 0.00414. The monoisotopic (exact) mass is 202 g/mol. The minimum Gasteiger partial charge on any atom is -0.396 e. The smallest absolute Gasteiger partial charge is 0.106 e. The van der Waals surface area contributed by atoms with Crippen LogP contribution in [0, 0.1) is 6.92 Å². The number of hydrogen-bond acceptors (Lipinski definition) is 4. The van der Waals surface area contributed by atoms with Crippen LogP contribution in [-0.4, -0.2) is 28.0 Å². The molecule has 0 aliphatic rings. The largest absolute Gasteiger partial charge is 0.396 e. The van der Waals surface area contributed by atoms with Crippen LogP contribution in [0.4, 0.5) is 0 Å². The van der Waals surface area contributed by atoms with Crippen LogP contribution in [0.15, 0.2) is 11.4 Å². The Kier molecular flexibility index (Phi) is 3.87. The highest BCUT2D eigenvalue weighted by Crippen LogP contribution is 2.25. The molecule has 0 aromatic carbocycles. The van der Waals surface area contributed by atoms with Gasteiger partial charge in [-0.1, -0.05) is 0 Å². The quantitative estimate of drug-likeness (QED) is 0.678. The minimum atomic E-state index is -0.877. The molecule has 0 saturated heterocycles. The van der Waals surface area contributed by atoms with Gasteiger partial charge in [0.15, 0.2) is 0 Å². The molecule has 0 spiro atoms. The van der Waals surface area contributed by atoms with Crippen molar-refractivity contribution in [3.8, 4) is 0 Å². The Hall–Kier alpha value is -0.420. The number of thiophene rings is 1. The lowest BCUT2D eigenvalue weighted by Crippen LogP contribution is -2.19. The standard InChI is InChI=1S/C9H14O3S/c1-6-7(3-5-13-6)9(12)8(11)2-4-10/h3,5,8-12H,2,4H2,1H3. The molecule has 74 valence electrons. The van der Waals surface area contributed by atoms with Crippen LogP contribution >= 0.6 is 11.3 Å². The van der Waals surface area contributed by atoms with E-state index in [1.54, 1.807) is 6.07 Å². The van der Waals surface area contributed by atoms with Gasteiger partial charge in [0.2, 0.25) is 0 Å². The van der Waals surface area contributed by atoms with Gasteiger partial charge in [-0.3, -0.25) is 0 Å². The van der Waals surface area contributed by atoms with Gasteiger partial charge in [0, 0.05) is 11.5 Å². The summed E-state index contributed by atoms with van der Waals surface area (Å²) in [7, 11) is 0. The van der Waals surface area contributed by atoms with Crippen molar-refractivity contribution in [2.75, 3.05) is 6.61 Å². The maximum atomic E-state index is 9.64. The van der Waals surface area contributed by atoms with Crippen LogP contribution in [0.5, 0.6) is 0 Å². The van der Waals surface area contributed by atoms with Crippen LogP contribution in [0.2, 0.25) is 0 Å². The van der Waals surface area contributed by atoms with Crippen molar-refractivity contribution in [2.45, 2.75) is 25.6 Å². The molecule has 4 heteroatoms. The van der Waals surface area contributed by atoms with Gasteiger partial charge in [-0.05, 0) is 30.4 Å². The fraction of sp³-hybridized carbons (Fsp3) is 0.556. The van der Waals surface area contributed by atoms with E-state index in [4.69, 9.17) is 5.11 Å². The topological polar surface area (TPSA) is 60.7 Å². The van der Waals surface area contributed by atoms with Crippen molar-refractivity contribution >= 4 is 11.3 Å². The van der Waals surface area contributed by atoms with E-state index < -0.39 is 12.2 Å². The van der Waals surface area contributed by atoms with Gasteiger partial charge >= 0.3 is 0 Å². The SMILES string of the molecule is Cc1sccc1C(O)C(O)CCO. The average Bonchev–Trinajstić information content (AvgIpc) is 2.50. The molecule has 1 heterocycles. The molecule has 2 atom stereocenters. The van der Waals surface area contributed by atoms with Crippen molar-refractivity contribution in [1.82, 2.24) is 0 Å². The van der Waals surface area contributed by atoms with E-state index in [2.05, 4.69) is 0 Å². The molecule has 2 unspecified atom stereocenters. The first kappa shape index (κ1) is 10.7. The average molecular weight is 202 g/mol. The summed E-state index contributed by atoms with van der Waals surface area (Å²) >= 11 is 1.53. The fourth-order valence-electron chi connectivity index (χ4n) is 1.20. The summed E-state index contributed by atoms with van der Waals surface area (Å²) in [5, 5.41) is 29.5. The van der Waals surface area contributed by atoms with Crippen LogP contribution in [-0.2, 0) is 0 Å². The van der Waals surface area contributed by atoms with Crippen LogP contribution in [0.25, 0.3) is 0 Å². The van der Waals surface area contributed by atoms with E-state index in [0.717, 1.165) is 10.4 Å². The zero-order chi connectivity index (χ0) is 9.84. The van der Waals surface area contributed by atoms with Gasteiger partial charge in [-0.2, -0.15) is 0 Å². The molecule has 1 rings (SSSR count). The second-order valence-electron chi connectivity index (χ2n) is 2.96. The third-order valence-corrected chi connectivity index (χ3v) is 2.87. The summed E-state index contributed by atoms with van der Waals surface area (Å²) < 4.78 is 0. The molecule has 0 aliphatic heterocycles. The summed E-state index contributed by atoms with van der Waals surface area (Å²) in [5.41, 5.74) is 0.756. The Bertz CT molecular complexity index is 259. The predicted molar refractivity (Wildman–Crippen MR) is 51.7 cm³/mol. The highest BCUT2D eigenvalue weighted by atomic mass is 32.1. The van der Waals surface area contributed by atoms with E-state index >= 15 is 0 Å². The van der Waals surface area contributed by atoms with Gasteiger partial charge in [-0.25, -0.2) is 0 Å². The normalized spacial score (nSPS) is 15.7. The number of aliphatic hydroxyl groups excluding tert-OH is 3. The van der Waals surface area contributed by atoms with Crippen molar-refractivity contribution in [2.24, 2.45) is 0 Å². The number of hydrogen-bond donors (Lipinski definition) is 3. The molecule has 0 amide bonds. The summed E-state index contributed by atoms with van der Waals surface area (Å²) in [5.74, 6) is 0. The van der Waals surface area contributed by atoms with E-state index in [-0.39, 0.29) is 13.0 Å². The molecule has 1 aromatic rings. The van der Waals surface area contributed by atoms with Crippen molar-refractivity contribution in [3.63, 3.8) is 0 Å². The van der Waals surface area contributed by atoms with Gasteiger partial charge in [0.25, 0.3) is 0 Å². The third kappa shape index (κ3) is 2.51. The molecular formula is C9H14O3S. The van der Waals surface area contributed by atoms with Crippen LogP contribution < -0.4 is 0 Å². The summed E-state index contributed by atoms with van der Waals surface area (Å²) in [6.07, 6.45) is -1.55. The van der Waals surface area contributed by atoms with Crippen LogP contribution in [0.1, 0.15) is 23.0 Å². The zero-order valence-electron chi connectivity index (χ0n) is 7.47. The fourth-order valence-corrected chi connectivity index (χ4v) is 1.94. The summed E-state index contributed by atoms with van der Waals surface area (Å²) in [6, 6.07) is 1.80. The van der Waals surface area contributed by atoms with Gasteiger partial charge in [0.05, 0.1) is 6.10 Å². The molecule has 13 heavy (non-hydrogen) atoms. The second-order valence-corrected chi connectivity index (χ2v) is 4.08. The molecule has 0 saturated carbocycles. The molecule has 0 bridgehead atoms. The number of aryl methyl sites for hydroxylation is 1. The van der Waals surface area contributed by atoms with Gasteiger partial charge in [0.1, 0.15) is 6.10 Å². The number of rotatable bonds is 4. The molecule has 0 fully saturated rings. The maximum Gasteiger partial charge on any atom is 0.106 e. The second kappa shape index (κ2) is 4.72. The minimum absolute atomic E-state index is 0.110. The first-order valence-electron chi connectivity index (χ1n) is 4.17. The number of aliphatic hydroxyl groups is 3. The zero-order valence-corrected chi connectivity index (χ0v) is 8.29. The Morgan fingerprint density at radius 2 is 2.15 bits per heavy atom. The van der Waals surface area contributed by atoms with Gasteiger partial charge in [-0.15, -0.1) is 11.3 Å². The Labute approximate surface area is 81.3 Å². The summed E-state index contributed by atoms with van der Waals surface area (Å²) in [6.45, 7) is 1.79. The Morgan fingerprint density at radius 3 is 2.62 bits per heavy atom. The van der Waals surface area contributed by atoms with E-state index in [1.165, 1.54) is 11.3 Å². The van der Waals surface area contributed by atoms with E-state index in [1.807, 2.05) is 12.3 Å². The molecule has 0 radical (unpaired) electrons. The summed E-state index contributed by atoms with van der Waals surface area (Å²) in [4.78, 5) is 1.00. The van der Waals surface area contributed by atoms with Crippen molar-refractivity contribution in [1.29, 1.82) is 0 Å². The first-order valence-corrected chi connectivity index (χ1v) is 5.05. The van der Waals surface area contributed by atoms with E-state index in [0.29, 0.717) is 0 Å². The Morgan fingerprint density at radius 1 is 1.46 bits per heavy atom. The lowest BCUT2D eigenvalue weighted by Gasteiger charge is -2.16. The molecule has 3 nitrogen and oxygen atoms in total. The van der Waals surface area contributed by atoms with Gasteiger partial charge < -0.3 is 15.3 Å². The third-order valence-electron chi connectivity index (χ3n) is 2.01. The van der Waals surface area contributed by atoms with Crippen molar-refractivity contribution < 1.29 is 15.3 Å². The highest BCUT2D eigenvalue weighted by molar-refractivity contribution is 7.10. The molecule has 0 aliphatic carbocycles. The highest BCUT2D eigenvalue weighted by Gasteiger charge is 2.19. The molecule has 3 N–H and O–H groups in total. The maximum absolute atomic E-state index is 9.64.